The number of thiocarbonyl (C=S) groups is 1. The van der Waals surface area contributed by atoms with Crippen LogP contribution in [-0.2, 0) is 6.18 Å². The number of carbonyl (C=O) groups excluding carboxylic acids is 1. The number of alkyl halides is 3. The van der Waals surface area contributed by atoms with Crippen LogP contribution in [0.3, 0.4) is 0 Å². The minimum atomic E-state index is -4.55. The summed E-state index contributed by atoms with van der Waals surface area (Å²) in [7, 11) is 0. The van der Waals surface area contributed by atoms with E-state index in [1.165, 1.54) is 24.3 Å². The molecule has 0 unspecified atom stereocenters. The summed E-state index contributed by atoms with van der Waals surface area (Å²) in [4.78, 5) is 12.2. The Bertz CT molecular complexity index is 1010. The molecular weight excluding hydrogens is 500 g/mol. The number of carbonyl (C=O) groups is 1. The monoisotopic (exact) mass is 508 g/mol. The number of rotatable bonds is 2. The maximum atomic E-state index is 13.1. The Labute approximate surface area is 168 Å². The van der Waals surface area contributed by atoms with Gasteiger partial charge < -0.3 is 5.32 Å². The van der Waals surface area contributed by atoms with E-state index < -0.39 is 17.6 Å². The lowest BCUT2D eigenvalue weighted by Crippen LogP contribution is -2.34. The third kappa shape index (κ3) is 4.27. The highest BCUT2D eigenvalue weighted by molar-refractivity contribution is 14.1. The molecule has 3 aromatic rings. The number of nitrogens with one attached hydrogen (secondary N) is 2. The number of benzene rings is 2. The molecule has 5 nitrogen and oxygen atoms in total. The van der Waals surface area contributed by atoms with Gasteiger partial charge in [-0.25, -0.2) is 0 Å². The van der Waals surface area contributed by atoms with Gasteiger partial charge in [-0.15, -0.1) is 0 Å². The Morgan fingerprint density at radius 1 is 1.12 bits per heavy atom. The Hall–Kier alpha value is -1.86. The first-order chi connectivity index (χ1) is 12.2. The van der Waals surface area contributed by atoms with Crippen molar-refractivity contribution < 1.29 is 18.0 Å². The van der Waals surface area contributed by atoms with E-state index in [0.717, 1.165) is 17.8 Å². The SMILES string of the molecule is O=C(NC(=S)Nc1ccc(I)cc1C(F)(F)F)c1ccc2nsnc2c1. The van der Waals surface area contributed by atoms with Crippen molar-refractivity contribution in [3.05, 3.63) is 51.1 Å². The highest BCUT2D eigenvalue weighted by Crippen LogP contribution is 2.35. The summed E-state index contributed by atoms with van der Waals surface area (Å²) in [6, 6.07) is 8.46. The molecule has 0 aliphatic carbocycles. The second kappa shape index (κ2) is 7.40. The molecule has 0 bridgehead atoms. The van der Waals surface area contributed by atoms with E-state index in [9.17, 15) is 18.0 Å². The molecule has 11 heteroatoms. The van der Waals surface area contributed by atoms with Crippen LogP contribution in [0.15, 0.2) is 36.4 Å². The summed E-state index contributed by atoms with van der Waals surface area (Å²) in [6.45, 7) is 0. The quantitative estimate of drug-likeness (QED) is 0.396. The summed E-state index contributed by atoms with van der Waals surface area (Å²) >= 11 is 7.77. The van der Waals surface area contributed by atoms with Gasteiger partial charge >= 0.3 is 6.18 Å². The second-order valence-electron chi connectivity index (χ2n) is 5.06. The van der Waals surface area contributed by atoms with Crippen molar-refractivity contribution in [2.24, 2.45) is 0 Å². The Balaban J connectivity index is 1.75. The van der Waals surface area contributed by atoms with Crippen molar-refractivity contribution >= 4 is 74.3 Å². The molecule has 134 valence electrons. The lowest BCUT2D eigenvalue weighted by atomic mass is 10.1. The van der Waals surface area contributed by atoms with Gasteiger partial charge in [0, 0.05) is 9.13 Å². The van der Waals surface area contributed by atoms with Crippen molar-refractivity contribution in [2.75, 3.05) is 5.32 Å². The van der Waals surface area contributed by atoms with E-state index in [4.69, 9.17) is 12.2 Å². The fourth-order valence-electron chi connectivity index (χ4n) is 2.11. The van der Waals surface area contributed by atoms with Crippen molar-refractivity contribution in [2.45, 2.75) is 6.18 Å². The highest BCUT2D eigenvalue weighted by atomic mass is 127. The number of fused-ring (bicyclic) bond motifs is 1. The minimum absolute atomic E-state index is 0.234. The molecular formula is C15H8F3IN4OS2. The maximum absolute atomic E-state index is 13.1. The third-order valence-electron chi connectivity index (χ3n) is 3.28. The molecule has 2 N–H and O–H groups in total. The molecule has 3 rings (SSSR count). The Morgan fingerprint density at radius 3 is 2.58 bits per heavy atom. The Morgan fingerprint density at radius 2 is 1.85 bits per heavy atom. The maximum Gasteiger partial charge on any atom is 0.418 e. The molecule has 2 aromatic carbocycles. The average Bonchev–Trinajstić information content (AvgIpc) is 3.03. The molecule has 1 heterocycles. The largest absolute Gasteiger partial charge is 0.418 e. The van der Waals surface area contributed by atoms with Crippen LogP contribution >= 0.6 is 46.5 Å². The van der Waals surface area contributed by atoms with E-state index in [1.54, 1.807) is 28.7 Å². The van der Waals surface area contributed by atoms with Gasteiger partial charge in [0.25, 0.3) is 5.91 Å². The predicted octanol–water partition coefficient (Wildman–Crippen LogP) is 4.44. The lowest BCUT2D eigenvalue weighted by molar-refractivity contribution is -0.137. The molecule has 0 aliphatic rings. The molecule has 0 fully saturated rings. The first-order valence-corrected chi connectivity index (χ1v) is 9.17. The van der Waals surface area contributed by atoms with Gasteiger partial charge in [0.05, 0.1) is 23.0 Å². The molecule has 0 atom stereocenters. The number of anilines is 1. The fraction of sp³-hybridized carbons (Fsp3) is 0.0667. The molecule has 26 heavy (non-hydrogen) atoms. The summed E-state index contributed by atoms with van der Waals surface area (Å²) in [6.07, 6.45) is -4.55. The van der Waals surface area contributed by atoms with Crippen molar-refractivity contribution in [1.29, 1.82) is 0 Å². The van der Waals surface area contributed by atoms with Crippen LogP contribution in [0.2, 0.25) is 0 Å². The van der Waals surface area contributed by atoms with Crippen molar-refractivity contribution in [3.8, 4) is 0 Å². The van der Waals surface area contributed by atoms with Crippen LogP contribution in [0.1, 0.15) is 15.9 Å². The van der Waals surface area contributed by atoms with Gasteiger partial charge in [-0.2, -0.15) is 21.9 Å². The van der Waals surface area contributed by atoms with Gasteiger partial charge in [-0.3, -0.25) is 10.1 Å². The number of aromatic nitrogens is 2. The van der Waals surface area contributed by atoms with Gasteiger partial charge in [-0.1, -0.05) is 0 Å². The number of hydrogen-bond acceptors (Lipinski definition) is 5. The normalized spacial score (nSPS) is 11.4. The molecule has 0 radical (unpaired) electrons. The summed E-state index contributed by atoms with van der Waals surface area (Å²) < 4.78 is 47.9. The number of amides is 1. The summed E-state index contributed by atoms with van der Waals surface area (Å²) in [5, 5.41) is 4.55. The first-order valence-electron chi connectivity index (χ1n) is 6.95. The van der Waals surface area contributed by atoms with Crippen LogP contribution < -0.4 is 10.6 Å². The fourth-order valence-corrected chi connectivity index (χ4v) is 3.32. The van der Waals surface area contributed by atoms with Gasteiger partial charge in [0.1, 0.15) is 11.0 Å². The van der Waals surface area contributed by atoms with Crippen LogP contribution in [0.5, 0.6) is 0 Å². The van der Waals surface area contributed by atoms with E-state index in [2.05, 4.69) is 19.4 Å². The van der Waals surface area contributed by atoms with Gasteiger partial charge in [-0.05, 0) is 71.2 Å². The topological polar surface area (TPSA) is 66.9 Å². The van der Waals surface area contributed by atoms with Crippen LogP contribution in [0.25, 0.3) is 11.0 Å². The zero-order valence-electron chi connectivity index (χ0n) is 12.6. The smallest absolute Gasteiger partial charge is 0.332 e. The molecule has 0 spiro atoms. The standard InChI is InChI=1S/C15H8F3IN4OS2/c16-15(17,18)9-6-8(19)2-4-10(9)20-14(25)21-13(24)7-1-3-11-12(5-7)23-26-22-11/h1-6H,(H2,20,21,24,25). The predicted molar refractivity (Wildman–Crippen MR) is 105 cm³/mol. The van der Waals surface area contributed by atoms with Crippen molar-refractivity contribution in [1.82, 2.24) is 14.1 Å². The van der Waals surface area contributed by atoms with E-state index in [0.29, 0.717) is 14.6 Å². The molecule has 0 saturated heterocycles. The molecule has 1 aromatic heterocycles. The number of hydrogen-bond donors (Lipinski definition) is 2. The number of nitrogens with zero attached hydrogens (tertiary/aromatic N) is 2. The van der Waals surface area contributed by atoms with E-state index in [-0.39, 0.29) is 16.4 Å². The summed E-state index contributed by atoms with van der Waals surface area (Å²) in [5.41, 5.74) is 0.380. The van der Waals surface area contributed by atoms with Crippen molar-refractivity contribution in [3.63, 3.8) is 0 Å². The number of halogens is 4. The minimum Gasteiger partial charge on any atom is -0.332 e. The summed E-state index contributed by atoms with van der Waals surface area (Å²) in [5.74, 6) is -0.559. The van der Waals surface area contributed by atoms with Gasteiger partial charge in [0.15, 0.2) is 5.11 Å². The highest BCUT2D eigenvalue weighted by Gasteiger charge is 2.34. The van der Waals surface area contributed by atoms with Crippen LogP contribution in [0, 0.1) is 3.57 Å². The van der Waals surface area contributed by atoms with Crippen LogP contribution in [0.4, 0.5) is 18.9 Å². The zero-order chi connectivity index (χ0) is 18.9. The van der Waals surface area contributed by atoms with E-state index >= 15 is 0 Å². The van der Waals surface area contributed by atoms with Gasteiger partial charge in [0.2, 0.25) is 0 Å². The molecule has 0 saturated carbocycles. The first kappa shape index (κ1) is 18.9. The van der Waals surface area contributed by atoms with Crippen LogP contribution in [-0.4, -0.2) is 19.8 Å². The Kier molecular flexibility index (Phi) is 5.39. The zero-order valence-corrected chi connectivity index (χ0v) is 16.4. The molecule has 0 aliphatic heterocycles. The van der Waals surface area contributed by atoms with E-state index in [1.807, 2.05) is 0 Å². The second-order valence-corrected chi connectivity index (χ2v) is 7.25. The third-order valence-corrected chi connectivity index (χ3v) is 4.71. The lowest BCUT2D eigenvalue weighted by Gasteiger charge is -2.16. The average molecular weight is 508 g/mol. The molecule has 1 amide bonds.